The van der Waals surface area contributed by atoms with Crippen molar-refractivity contribution in [3.63, 3.8) is 0 Å². The van der Waals surface area contributed by atoms with Crippen molar-refractivity contribution < 1.29 is 28.0 Å². The second kappa shape index (κ2) is 12.4. The summed E-state index contributed by atoms with van der Waals surface area (Å²) >= 11 is 0. The highest BCUT2D eigenvalue weighted by molar-refractivity contribution is 7.18. The number of urea groups is 1. The fraction of sp³-hybridized carbons (Fsp3) is 0.483. The molecule has 1 aromatic heterocycles. The van der Waals surface area contributed by atoms with Gasteiger partial charge in [-0.05, 0) is 50.8 Å². The average Bonchev–Trinajstić information content (AvgIpc) is 3.12. The molecule has 0 radical (unpaired) electrons. The molecule has 2 unspecified atom stereocenters. The van der Waals surface area contributed by atoms with Gasteiger partial charge in [0.15, 0.2) is 0 Å². The van der Waals surface area contributed by atoms with E-state index < -0.39 is 53.1 Å². The van der Waals surface area contributed by atoms with Crippen LogP contribution in [0.5, 0.6) is 0 Å². The maximum Gasteiger partial charge on any atom is 0.328 e. The SMILES string of the molecule is CC(C)(N)C(=O)NC(CCCc1ccccc1)C(=O)N1CCN2C(=O)N(CC(F)(F)P)C(=O)[C@]2(Cc2ccccn2)C1. The topological polar surface area (TPSA) is 129 Å². The van der Waals surface area contributed by atoms with Crippen molar-refractivity contribution in [1.82, 2.24) is 25.0 Å². The summed E-state index contributed by atoms with van der Waals surface area (Å²) in [4.78, 5) is 61.5. The van der Waals surface area contributed by atoms with Crippen LogP contribution >= 0.6 is 9.24 Å². The number of alkyl halides is 2. The maximum absolute atomic E-state index is 14.0. The molecule has 3 atom stereocenters. The summed E-state index contributed by atoms with van der Waals surface area (Å²) in [5.41, 5.74) is 1.30. The Hall–Kier alpha value is -3.50. The van der Waals surface area contributed by atoms with Gasteiger partial charge in [-0.25, -0.2) is 13.6 Å². The molecule has 0 spiro atoms. The van der Waals surface area contributed by atoms with Gasteiger partial charge in [0.2, 0.25) is 11.8 Å². The molecule has 0 saturated carbocycles. The summed E-state index contributed by atoms with van der Waals surface area (Å²) in [5.74, 6) is -1.76. The predicted octanol–water partition coefficient (Wildman–Crippen LogP) is 2.18. The van der Waals surface area contributed by atoms with E-state index in [0.29, 0.717) is 29.9 Å². The third-order valence-corrected chi connectivity index (χ3v) is 7.72. The van der Waals surface area contributed by atoms with Crippen LogP contribution in [0.3, 0.4) is 0 Å². The van der Waals surface area contributed by atoms with Crippen LogP contribution in [-0.2, 0) is 27.2 Å². The van der Waals surface area contributed by atoms with Crippen LogP contribution in [0.15, 0.2) is 54.7 Å². The van der Waals surface area contributed by atoms with Crippen molar-refractivity contribution in [2.75, 3.05) is 26.2 Å². The number of benzene rings is 1. The lowest BCUT2D eigenvalue weighted by Gasteiger charge is -2.45. The summed E-state index contributed by atoms with van der Waals surface area (Å²) in [6, 6.07) is 13.0. The van der Waals surface area contributed by atoms with Gasteiger partial charge in [-0.15, -0.1) is 0 Å². The van der Waals surface area contributed by atoms with Crippen LogP contribution < -0.4 is 11.1 Å². The van der Waals surface area contributed by atoms with Crippen molar-refractivity contribution in [2.24, 2.45) is 5.73 Å². The van der Waals surface area contributed by atoms with Crippen LogP contribution in [0.25, 0.3) is 0 Å². The Labute approximate surface area is 246 Å². The highest BCUT2D eigenvalue weighted by atomic mass is 31.0. The van der Waals surface area contributed by atoms with Crippen LogP contribution in [-0.4, -0.2) is 92.4 Å². The summed E-state index contributed by atoms with van der Waals surface area (Å²) < 4.78 is 28.0. The molecular weight excluding hydrogens is 565 g/mol. The van der Waals surface area contributed by atoms with E-state index in [4.69, 9.17) is 5.73 Å². The molecule has 2 saturated heterocycles. The minimum absolute atomic E-state index is 0.0465. The maximum atomic E-state index is 14.0. The fourth-order valence-corrected chi connectivity index (χ4v) is 5.59. The Morgan fingerprint density at radius 3 is 2.43 bits per heavy atom. The number of nitrogens with one attached hydrogen (secondary N) is 1. The Bertz CT molecular complexity index is 1300. The number of carbonyl (C=O) groups excluding carboxylic acids is 4. The first-order chi connectivity index (χ1) is 19.7. The number of hydrogen-bond donors (Lipinski definition) is 2. The molecule has 0 bridgehead atoms. The fourth-order valence-electron chi connectivity index (χ4n) is 5.41. The molecule has 5 amide bonds. The zero-order valence-corrected chi connectivity index (χ0v) is 24.9. The van der Waals surface area contributed by atoms with E-state index in [0.717, 1.165) is 5.56 Å². The van der Waals surface area contributed by atoms with Gasteiger partial charge in [0.05, 0.1) is 18.6 Å². The largest absolute Gasteiger partial charge is 0.343 e. The number of rotatable bonds is 11. The number of halogens is 2. The van der Waals surface area contributed by atoms with Crippen molar-refractivity contribution in [1.29, 1.82) is 0 Å². The third-order valence-electron chi connectivity index (χ3n) is 7.54. The van der Waals surface area contributed by atoms with Gasteiger partial charge in [0, 0.05) is 31.4 Å². The monoisotopic (exact) mass is 602 g/mol. The summed E-state index contributed by atoms with van der Waals surface area (Å²) in [5, 5.41) is 2.78. The summed E-state index contributed by atoms with van der Waals surface area (Å²) in [7, 11) is 1.35. The molecule has 226 valence electrons. The number of amides is 5. The molecule has 2 aromatic rings. The van der Waals surface area contributed by atoms with Crippen molar-refractivity contribution >= 4 is 33.0 Å². The number of piperazine rings is 1. The van der Waals surface area contributed by atoms with E-state index in [-0.39, 0.29) is 26.1 Å². The molecule has 13 heteroatoms. The van der Waals surface area contributed by atoms with E-state index in [9.17, 15) is 28.0 Å². The first-order valence-electron chi connectivity index (χ1n) is 13.8. The van der Waals surface area contributed by atoms with E-state index in [1.165, 1.54) is 39.1 Å². The number of fused-ring (bicyclic) bond motifs is 1. The van der Waals surface area contributed by atoms with Crippen molar-refractivity contribution in [3.8, 4) is 0 Å². The first-order valence-corrected chi connectivity index (χ1v) is 14.4. The molecule has 3 heterocycles. The minimum atomic E-state index is -3.38. The molecule has 4 rings (SSSR count). The number of nitrogens with two attached hydrogens (primary N) is 1. The quantitative estimate of drug-likeness (QED) is 0.300. The smallest absolute Gasteiger partial charge is 0.328 e. The van der Waals surface area contributed by atoms with Gasteiger partial charge < -0.3 is 20.9 Å². The zero-order chi connectivity index (χ0) is 30.7. The highest BCUT2D eigenvalue weighted by Crippen LogP contribution is 2.37. The lowest BCUT2D eigenvalue weighted by Crippen LogP contribution is -2.67. The minimum Gasteiger partial charge on any atom is -0.343 e. The number of aryl methyl sites for hydroxylation is 1. The first kappa shape index (κ1) is 31.4. The Morgan fingerprint density at radius 2 is 1.81 bits per heavy atom. The van der Waals surface area contributed by atoms with E-state index in [2.05, 4.69) is 10.3 Å². The molecular formula is C29H37F2N6O4P. The van der Waals surface area contributed by atoms with Gasteiger partial charge in [-0.1, -0.05) is 45.6 Å². The molecule has 2 aliphatic rings. The lowest BCUT2D eigenvalue weighted by atomic mass is 9.88. The van der Waals surface area contributed by atoms with Crippen molar-refractivity contribution in [3.05, 3.63) is 66.0 Å². The second-order valence-corrected chi connectivity index (χ2v) is 12.3. The number of imide groups is 1. The average molecular weight is 603 g/mol. The Balaban J connectivity index is 1.61. The van der Waals surface area contributed by atoms with Gasteiger partial charge in [0.1, 0.15) is 11.6 Å². The molecule has 42 heavy (non-hydrogen) atoms. The standard InChI is InChI=1S/C29H37F2N6O4P/c1-27(2,32)24(39)34-22(13-8-11-20-9-4-3-5-10-20)23(38)35-15-16-37-26(41)36(19-29(30,31)42)25(40)28(37,18-35)17-21-12-6-7-14-33-21/h3-7,9-10,12,14,22H,8,11,13,15-19,32,42H2,1-2H3,(H,34,39)/t22?,28-/m0/s1. The molecule has 3 N–H and O–H groups in total. The van der Waals surface area contributed by atoms with Gasteiger partial charge >= 0.3 is 6.03 Å². The molecule has 2 aliphatic heterocycles. The van der Waals surface area contributed by atoms with Crippen LogP contribution in [0, 0.1) is 0 Å². The van der Waals surface area contributed by atoms with Gasteiger partial charge in [-0.3, -0.25) is 24.3 Å². The number of carbonyl (C=O) groups is 4. The Morgan fingerprint density at radius 1 is 1.12 bits per heavy atom. The number of pyridine rings is 1. The highest BCUT2D eigenvalue weighted by Gasteiger charge is 2.61. The Kier molecular flexibility index (Phi) is 9.27. The number of nitrogens with zero attached hydrogens (tertiary/aromatic N) is 4. The predicted molar refractivity (Wildman–Crippen MR) is 155 cm³/mol. The number of hydrogen-bond acceptors (Lipinski definition) is 6. The number of aromatic nitrogens is 1. The van der Waals surface area contributed by atoms with Gasteiger partial charge in [-0.2, -0.15) is 0 Å². The van der Waals surface area contributed by atoms with Gasteiger partial charge in [0.25, 0.3) is 11.6 Å². The van der Waals surface area contributed by atoms with Crippen molar-refractivity contribution in [2.45, 2.75) is 62.3 Å². The lowest BCUT2D eigenvalue weighted by molar-refractivity contribution is -0.145. The zero-order valence-electron chi connectivity index (χ0n) is 23.8. The summed E-state index contributed by atoms with van der Waals surface area (Å²) in [6.07, 6.45) is 3.03. The van der Waals surface area contributed by atoms with E-state index in [1.807, 2.05) is 30.3 Å². The summed E-state index contributed by atoms with van der Waals surface area (Å²) in [6.45, 7) is 1.75. The second-order valence-electron chi connectivity index (χ2n) is 11.5. The molecule has 0 aliphatic carbocycles. The molecule has 2 fully saturated rings. The van der Waals surface area contributed by atoms with E-state index in [1.54, 1.807) is 18.2 Å². The normalized spacial score (nSPS) is 20.0. The van der Waals surface area contributed by atoms with Crippen LogP contribution in [0.2, 0.25) is 0 Å². The third kappa shape index (κ3) is 7.10. The van der Waals surface area contributed by atoms with Crippen LogP contribution in [0.4, 0.5) is 13.6 Å². The van der Waals surface area contributed by atoms with E-state index >= 15 is 0 Å². The molecule has 10 nitrogen and oxygen atoms in total. The molecule has 1 aromatic carbocycles. The van der Waals surface area contributed by atoms with Crippen LogP contribution in [0.1, 0.15) is 37.9 Å².